The Hall–Kier alpha value is -3.21. The highest BCUT2D eigenvalue weighted by Gasteiger charge is 2.17. The fourth-order valence-corrected chi connectivity index (χ4v) is 4.64. The Morgan fingerprint density at radius 3 is 2.66 bits per heavy atom. The van der Waals surface area contributed by atoms with Gasteiger partial charge in [-0.2, -0.15) is 0 Å². The van der Waals surface area contributed by atoms with Crippen molar-refractivity contribution in [3.63, 3.8) is 0 Å². The van der Waals surface area contributed by atoms with Gasteiger partial charge in [-0.1, -0.05) is 47.6 Å². The van der Waals surface area contributed by atoms with Gasteiger partial charge in [0.25, 0.3) is 5.69 Å². The van der Waals surface area contributed by atoms with Crippen LogP contribution in [0.15, 0.2) is 71.2 Å². The summed E-state index contributed by atoms with van der Waals surface area (Å²) in [5.41, 5.74) is 1.08. The van der Waals surface area contributed by atoms with E-state index in [1.54, 1.807) is 11.3 Å². The number of para-hydroxylation sites is 1. The van der Waals surface area contributed by atoms with Gasteiger partial charge in [-0.25, -0.2) is 0 Å². The number of non-ortho nitro benzene ring substituents is 1. The third-order valence-electron chi connectivity index (χ3n) is 4.40. The van der Waals surface area contributed by atoms with Crippen LogP contribution in [0.4, 0.5) is 11.4 Å². The molecule has 1 N–H and O–H groups in total. The number of benzene rings is 2. The summed E-state index contributed by atoms with van der Waals surface area (Å²) in [7, 11) is 0. The van der Waals surface area contributed by atoms with E-state index in [-0.39, 0.29) is 22.4 Å². The molecule has 11 heteroatoms. The molecule has 8 nitrogen and oxygen atoms in total. The highest BCUT2D eigenvalue weighted by atomic mass is 35.5. The molecule has 2 heterocycles. The standard InChI is InChI=1S/C21H16ClN5O3S2/c22-17-11-15(27(29)30)8-9-18(17)23-20(28)13-32-21-25-24-19(12-16-7-4-10-31-16)26(21)14-5-2-1-3-6-14/h1-11H,12-13H2,(H,23,28). The molecule has 0 fully saturated rings. The van der Waals surface area contributed by atoms with Crippen LogP contribution in [0.1, 0.15) is 10.7 Å². The number of nitro benzene ring substituents is 1. The van der Waals surface area contributed by atoms with Crippen molar-refractivity contribution in [1.82, 2.24) is 14.8 Å². The largest absolute Gasteiger partial charge is 0.324 e. The van der Waals surface area contributed by atoms with Crippen molar-refractivity contribution in [3.05, 3.63) is 91.9 Å². The number of carbonyl (C=O) groups excluding carboxylic acids is 1. The molecular formula is C21H16ClN5O3S2. The summed E-state index contributed by atoms with van der Waals surface area (Å²) in [6.07, 6.45) is 0.630. The van der Waals surface area contributed by atoms with Gasteiger partial charge < -0.3 is 5.32 Å². The van der Waals surface area contributed by atoms with E-state index in [0.717, 1.165) is 16.4 Å². The van der Waals surface area contributed by atoms with Gasteiger partial charge in [0.2, 0.25) is 5.91 Å². The van der Waals surface area contributed by atoms with Crippen LogP contribution in [0.25, 0.3) is 5.69 Å². The van der Waals surface area contributed by atoms with Gasteiger partial charge in [0.1, 0.15) is 5.82 Å². The van der Waals surface area contributed by atoms with Crippen molar-refractivity contribution in [2.75, 3.05) is 11.1 Å². The molecule has 0 radical (unpaired) electrons. The molecule has 0 atom stereocenters. The lowest BCUT2D eigenvalue weighted by molar-refractivity contribution is -0.384. The first kappa shape index (κ1) is 22.0. The normalized spacial score (nSPS) is 10.8. The number of rotatable bonds is 8. The zero-order valence-electron chi connectivity index (χ0n) is 16.5. The predicted octanol–water partition coefficient (Wildman–Crippen LogP) is 5.21. The summed E-state index contributed by atoms with van der Waals surface area (Å²) in [6.45, 7) is 0. The van der Waals surface area contributed by atoms with E-state index in [4.69, 9.17) is 11.6 Å². The zero-order chi connectivity index (χ0) is 22.5. The van der Waals surface area contributed by atoms with Crippen LogP contribution in [0, 0.1) is 10.1 Å². The molecule has 4 aromatic rings. The Morgan fingerprint density at radius 2 is 1.97 bits per heavy atom. The maximum Gasteiger partial charge on any atom is 0.271 e. The third-order valence-corrected chi connectivity index (χ3v) is 6.52. The van der Waals surface area contributed by atoms with Crippen LogP contribution in [0.2, 0.25) is 5.02 Å². The van der Waals surface area contributed by atoms with E-state index in [1.807, 2.05) is 52.4 Å². The molecule has 0 aliphatic heterocycles. The number of halogens is 1. The third kappa shape index (κ3) is 5.16. The van der Waals surface area contributed by atoms with Crippen molar-refractivity contribution in [3.8, 4) is 5.69 Å². The van der Waals surface area contributed by atoms with E-state index in [2.05, 4.69) is 15.5 Å². The number of nitro groups is 1. The Balaban J connectivity index is 1.50. The van der Waals surface area contributed by atoms with E-state index in [0.29, 0.717) is 17.3 Å². The van der Waals surface area contributed by atoms with Gasteiger partial charge in [0, 0.05) is 29.1 Å². The van der Waals surface area contributed by atoms with Crippen LogP contribution in [0.5, 0.6) is 0 Å². The second-order valence-corrected chi connectivity index (χ2v) is 8.97. The maximum atomic E-state index is 12.5. The summed E-state index contributed by atoms with van der Waals surface area (Å²) < 4.78 is 1.94. The molecule has 0 unspecified atom stereocenters. The van der Waals surface area contributed by atoms with Crippen molar-refractivity contribution < 1.29 is 9.72 Å². The number of nitrogens with one attached hydrogen (secondary N) is 1. The number of carbonyl (C=O) groups is 1. The molecule has 2 aromatic carbocycles. The number of amides is 1. The van der Waals surface area contributed by atoms with Crippen LogP contribution in [-0.2, 0) is 11.2 Å². The van der Waals surface area contributed by atoms with Gasteiger partial charge in [0.15, 0.2) is 5.16 Å². The Morgan fingerprint density at radius 1 is 1.16 bits per heavy atom. The number of aromatic nitrogens is 3. The minimum Gasteiger partial charge on any atom is -0.324 e. The van der Waals surface area contributed by atoms with E-state index in [9.17, 15) is 14.9 Å². The molecule has 0 spiro atoms. The number of thiophene rings is 1. The van der Waals surface area contributed by atoms with Crippen molar-refractivity contribution >= 4 is 52.0 Å². The Bertz CT molecular complexity index is 1250. The predicted molar refractivity (Wildman–Crippen MR) is 126 cm³/mol. The van der Waals surface area contributed by atoms with Crippen molar-refractivity contribution in [2.45, 2.75) is 11.6 Å². The lowest BCUT2D eigenvalue weighted by Crippen LogP contribution is -2.15. The molecule has 4 rings (SSSR count). The quantitative estimate of drug-likeness (QED) is 0.209. The van der Waals surface area contributed by atoms with Crippen LogP contribution in [0.3, 0.4) is 0 Å². The van der Waals surface area contributed by atoms with E-state index >= 15 is 0 Å². The molecular weight excluding hydrogens is 470 g/mol. The molecule has 0 aliphatic rings. The minimum absolute atomic E-state index is 0.0668. The average Bonchev–Trinajstić information content (AvgIpc) is 3.44. The van der Waals surface area contributed by atoms with Crippen LogP contribution < -0.4 is 5.32 Å². The Labute approximate surface area is 196 Å². The molecule has 1 amide bonds. The number of nitrogens with zero attached hydrogens (tertiary/aromatic N) is 4. The summed E-state index contributed by atoms with van der Waals surface area (Å²) in [6, 6.07) is 17.7. The molecule has 2 aromatic heterocycles. The van der Waals surface area contributed by atoms with E-state index in [1.165, 1.54) is 30.0 Å². The average molecular weight is 486 g/mol. The first-order valence-corrected chi connectivity index (χ1v) is 11.6. The van der Waals surface area contributed by atoms with Gasteiger partial charge in [-0.05, 0) is 29.6 Å². The minimum atomic E-state index is -0.544. The first-order valence-electron chi connectivity index (χ1n) is 9.40. The fraction of sp³-hybridized carbons (Fsp3) is 0.0952. The number of anilines is 1. The molecule has 162 valence electrons. The molecule has 0 saturated carbocycles. The second-order valence-electron chi connectivity index (χ2n) is 6.58. The highest BCUT2D eigenvalue weighted by molar-refractivity contribution is 7.99. The summed E-state index contributed by atoms with van der Waals surface area (Å²) in [4.78, 5) is 23.9. The SMILES string of the molecule is O=C(CSc1nnc(Cc2cccs2)n1-c1ccccc1)Nc1ccc([N+](=O)[O-])cc1Cl. The summed E-state index contributed by atoms with van der Waals surface area (Å²) in [5, 5.41) is 24.9. The van der Waals surface area contributed by atoms with Gasteiger partial charge >= 0.3 is 0 Å². The topological polar surface area (TPSA) is 103 Å². The number of hydrogen-bond donors (Lipinski definition) is 1. The monoisotopic (exact) mass is 485 g/mol. The molecule has 0 bridgehead atoms. The maximum absolute atomic E-state index is 12.5. The van der Waals surface area contributed by atoms with Crippen LogP contribution >= 0.6 is 34.7 Å². The lowest BCUT2D eigenvalue weighted by Gasteiger charge is -2.10. The van der Waals surface area contributed by atoms with Crippen molar-refractivity contribution in [2.24, 2.45) is 0 Å². The summed E-state index contributed by atoms with van der Waals surface area (Å²) >= 11 is 8.95. The van der Waals surface area contributed by atoms with Gasteiger partial charge in [-0.3, -0.25) is 19.5 Å². The number of thioether (sulfide) groups is 1. The molecule has 0 saturated heterocycles. The molecule has 0 aliphatic carbocycles. The fourth-order valence-electron chi connectivity index (χ4n) is 2.95. The lowest BCUT2D eigenvalue weighted by atomic mass is 10.3. The van der Waals surface area contributed by atoms with Crippen molar-refractivity contribution in [1.29, 1.82) is 0 Å². The second kappa shape index (κ2) is 9.94. The number of hydrogen-bond acceptors (Lipinski definition) is 7. The summed E-state index contributed by atoms with van der Waals surface area (Å²) in [5.74, 6) is 0.533. The smallest absolute Gasteiger partial charge is 0.271 e. The van der Waals surface area contributed by atoms with Gasteiger partial charge in [-0.15, -0.1) is 21.5 Å². The first-order chi connectivity index (χ1) is 15.5. The van der Waals surface area contributed by atoms with Gasteiger partial charge in [0.05, 0.1) is 21.4 Å². The highest BCUT2D eigenvalue weighted by Crippen LogP contribution is 2.28. The van der Waals surface area contributed by atoms with E-state index < -0.39 is 4.92 Å². The molecule has 32 heavy (non-hydrogen) atoms. The zero-order valence-corrected chi connectivity index (χ0v) is 18.9. The van der Waals surface area contributed by atoms with Crippen LogP contribution in [-0.4, -0.2) is 31.3 Å². The Kier molecular flexibility index (Phi) is 6.84.